The zero-order valence-corrected chi connectivity index (χ0v) is 18.0. The van der Waals surface area contributed by atoms with Crippen molar-refractivity contribution in [1.82, 2.24) is 10.2 Å². The van der Waals surface area contributed by atoms with Crippen molar-refractivity contribution >= 4 is 40.2 Å². The first-order chi connectivity index (χ1) is 14.4. The number of rotatable bonds is 4. The van der Waals surface area contributed by atoms with Crippen molar-refractivity contribution in [3.05, 3.63) is 16.0 Å². The van der Waals surface area contributed by atoms with Gasteiger partial charge >= 0.3 is 12.0 Å². The standard InChI is InChI=1S/C21H27N3O5S/c1-29-18(26)16-13-8-7-9-14(13)30-17(16)22-15(25)12-24-19(27)21(23-20(24)28)10-5-3-2-4-6-11-21/h2-12H2,1H3,(H,22,25)(H,23,28). The Balaban J connectivity index is 1.48. The third-order valence-corrected chi connectivity index (χ3v) is 7.53. The number of aryl methyl sites for hydroxylation is 1. The summed E-state index contributed by atoms with van der Waals surface area (Å²) in [6.07, 6.45) is 8.86. The summed E-state index contributed by atoms with van der Waals surface area (Å²) in [6, 6.07) is -0.516. The average Bonchev–Trinajstić information content (AvgIpc) is 3.33. The van der Waals surface area contributed by atoms with Crippen LogP contribution in [0.3, 0.4) is 0 Å². The van der Waals surface area contributed by atoms with Crippen LogP contribution in [0.4, 0.5) is 9.80 Å². The summed E-state index contributed by atoms with van der Waals surface area (Å²) in [5, 5.41) is 6.04. The first-order valence-electron chi connectivity index (χ1n) is 10.6. The second-order valence-electron chi connectivity index (χ2n) is 8.27. The number of nitrogens with zero attached hydrogens (tertiary/aromatic N) is 1. The van der Waals surface area contributed by atoms with Gasteiger partial charge in [0.05, 0.1) is 12.7 Å². The normalized spacial score (nSPS) is 20.5. The molecule has 1 aliphatic heterocycles. The van der Waals surface area contributed by atoms with Crippen molar-refractivity contribution in [3.63, 3.8) is 0 Å². The molecule has 2 fully saturated rings. The van der Waals surface area contributed by atoms with Gasteiger partial charge in [-0.1, -0.05) is 32.1 Å². The molecule has 9 heteroatoms. The number of hydrogen-bond acceptors (Lipinski definition) is 6. The van der Waals surface area contributed by atoms with E-state index in [9.17, 15) is 19.2 Å². The number of ether oxygens (including phenoxy) is 1. The summed E-state index contributed by atoms with van der Waals surface area (Å²) in [6.45, 7) is -0.365. The molecule has 4 rings (SSSR count). The predicted molar refractivity (Wildman–Crippen MR) is 112 cm³/mol. The molecule has 3 aliphatic rings. The number of urea groups is 1. The van der Waals surface area contributed by atoms with Gasteiger partial charge in [0, 0.05) is 4.88 Å². The van der Waals surface area contributed by atoms with E-state index in [1.54, 1.807) is 0 Å². The van der Waals surface area contributed by atoms with Crippen LogP contribution < -0.4 is 10.6 Å². The molecule has 0 unspecified atom stereocenters. The summed E-state index contributed by atoms with van der Waals surface area (Å²) in [5.41, 5.74) is 0.460. The van der Waals surface area contributed by atoms with Gasteiger partial charge in [0.15, 0.2) is 0 Å². The molecule has 2 N–H and O–H groups in total. The lowest BCUT2D eigenvalue weighted by molar-refractivity contribution is -0.134. The number of esters is 1. The number of amides is 4. The minimum Gasteiger partial charge on any atom is -0.465 e. The highest BCUT2D eigenvalue weighted by molar-refractivity contribution is 7.17. The maximum atomic E-state index is 13.1. The van der Waals surface area contributed by atoms with E-state index in [2.05, 4.69) is 10.6 Å². The van der Waals surface area contributed by atoms with Gasteiger partial charge in [0.2, 0.25) is 5.91 Å². The number of fused-ring (bicyclic) bond motifs is 1. The topological polar surface area (TPSA) is 105 Å². The largest absolute Gasteiger partial charge is 0.465 e. The van der Waals surface area contributed by atoms with Crippen LogP contribution in [0.25, 0.3) is 0 Å². The average molecular weight is 434 g/mol. The van der Waals surface area contributed by atoms with Crippen LogP contribution in [0, 0.1) is 0 Å². The van der Waals surface area contributed by atoms with Gasteiger partial charge in [-0.25, -0.2) is 9.59 Å². The molecule has 0 atom stereocenters. The molecule has 0 radical (unpaired) electrons. The van der Waals surface area contributed by atoms with E-state index in [0.29, 0.717) is 23.4 Å². The molecule has 0 bridgehead atoms. The fourth-order valence-electron chi connectivity index (χ4n) is 4.79. The smallest absolute Gasteiger partial charge is 0.341 e. The van der Waals surface area contributed by atoms with Crippen molar-refractivity contribution in [3.8, 4) is 0 Å². The number of methoxy groups -OCH3 is 1. The Morgan fingerprint density at radius 2 is 1.80 bits per heavy atom. The molecular weight excluding hydrogens is 406 g/mol. The van der Waals surface area contributed by atoms with E-state index in [0.717, 1.165) is 66.7 Å². The monoisotopic (exact) mass is 433 g/mol. The molecule has 30 heavy (non-hydrogen) atoms. The van der Waals surface area contributed by atoms with Crippen molar-refractivity contribution in [2.75, 3.05) is 19.0 Å². The van der Waals surface area contributed by atoms with E-state index < -0.39 is 23.4 Å². The quantitative estimate of drug-likeness (QED) is 0.561. The number of imide groups is 1. The van der Waals surface area contributed by atoms with Crippen LogP contribution in [0.15, 0.2) is 0 Å². The molecule has 1 spiro atoms. The van der Waals surface area contributed by atoms with E-state index in [1.165, 1.54) is 18.4 Å². The maximum absolute atomic E-state index is 13.1. The fraction of sp³-hybridized carbons (Fsp3) is 0.619. The molecule has 0 aromatic carbocycles. The van der Waals surface area contributed by atoms with E-state index in [1.807, 2.05) is 0 Å². The SMILES string of the molecule is COC(=O)c1c(NC(=O)CN2C(=O)NC3(CCCCCCC3)C2=O)sc2c1CCC2. The highest BCUT2D eigenvalue weighted by Gasteiger charge is 2.50. The molecule has 4 amide bonds. The van der Waals surface area contributed by atoms with Crippen LogP contribution in [-0.4, -0.2) is 47.9 Å². The third-order valence-electron chi connectivity index (χ3n) is 6.32. The Morgan fingerprint density at radius 1 is 1.10 bits per heavy atom. The Bertz CT molecular complexity index is 885. The van der Waals surface area contributed by atoms with Crippen LogP contribution in [0.1, 0.15) is 72.2 Å². The second kappa shape index (κ2) is 8.37. The van der Waals surface area contributed by atoms with E-state index in [-0.39, 0.29) is 12.5 Å². The molecular formula is C21H27N3O5S. The van der Waals surface area contributed by atoms with Crippen LogP contribution in [0.5, 0.6) is 0 Å². The van der Waals surface area contributed by atoms with Crippen molar-refractivity contribution in [2.24, 2.45) is 0 Å². The Morgan fingerprint density at radius 3 is 2.50 bits per heavy atom. The number of carbonyl (C=O) groups excluding carboxylic acids is 4. The van der Waals surface area contributed by atoms with Crippen molar-refractivity contribution in [2.45, 2.75) is 69.7 Å². The van der Waals surface area contributed by atoms with Gasteiger partial charge in [-0.2, -0.15) is 0 Å². The first-order valence-corrected chi connectivity index (χ1v) is 11.4. The van der Waals surface area contributed by atoms with E-state index >= 15 is 0 Å². The Hall–Kier alpha value is -2.42. The van der Waals surface area contributed by atoms with Gasteiger partial charge in [-0.3, -0.25) is 14.5 Å². The van der Waals surface area contributed by atoms with Crippen LogP contribution >= 0.6 is 11.3 Å². The highest BCUT2D eigenvalue weighted by atomic mass is 32.1. The number of nitrogens with one attached hydrogen (secondary N) is 2. The molecule has 2 heterocycles. The highest BCUT2D eigenvalue weighted by Crippen LogP contribution is 2.39. The molecule has 1 aromatic rings. The summed E-state index contributed by atoms with van der Waals surface area (Å²) in [5.74, 6) is -1.29. The second-order valence-corrected chi connectivity index (χ2v) is 9.38. The van der Waals surface area contributed by atoms with Gasteiger partial charge < -0.3 is 15.4 Å². The van der Waals surface area contributed by atoms with Gasteiger partial charge in [-0.05, 0) is 37.7 Å². The van der Waals surface area contributed by atoms with Crippen molar-refractivity contribution < 1.29 is 23.9 Å². The molecule has 2 aliphatic carbocycles. The van der Waals surface area contributed by atoms with Gasteiger partial charge in [0.1, 0.15) is 17.1 Å². The van der Waals surface area contributed by atoms with Crippen LogP contribution in [-0.2, 0) is 27.2 Å². The molecule has 1 saturated carbocycles. The Labute approximate surface area is 179 Å². The molecule has 162 valence electrons. The summed E-state index contributed by atoms with van der Waals surface area (Å²) >= 11 is 1.37. The number of anilines is 1. The molecule has 8 nitrogen and oxygen atoms in total. The minimum absolute atomic E-state index is 0.314. The number of hydrogen-bond donors (Lipinski definition) is 2. The molecule has 1 aromatic heterocycles. The lowest BCUT2D eigenvalue weighted by Crippen LogP contribution is -2.47. The zero-order valence-electron chi connectivity index (χ0n) is 17.2. The maximum Gasteiger partial charge on any atom is 0.341 e. The summed E-state index contributed by atoms with van der Waals surface area (Å²) in [7, 11) is 1.31. The van der Waals surface area contributed by atoms with Gasteiger partial charge in [0.25, 0.3) is 5.91 Å². The lowest BCUT2D eigenvalue weighted by atomic mass is 9.84. The number of carbonyl (C=O) groups is 4. The first kappa shape index (κ1) is 20.8. The number of thiophene rings is 1. The molecule has 1 saturated heterocycles. The van der Waals surface area contributed by atoms with Crippen LogP contribution in [0.2, 0.25) is 0 Å². The lowest BCUT2D eigenvalue weighted by Gasteiger charge is -2.28. The predicted octanol–water partition coefficient (Wildman–Crippen LogP) is 3.00. The summed E-state index contributed by atoms with van der Waals surface area (Å²) in [4.78, 5) is 52.6. The Kier molecular flexibility index (Phi) is 5.81. The zero-order chi connectivity index (χ0) is 21.3. The summed E-state index contributed by atoms with van der Waals surface area (Å²) < 4.78 is 4.89. The van der Waals surface area contributed by atoms with E-state index in [4.69, 9.17) is 4.74 Å². The third kappa shape index (κ3) is 3.71. The van der Waals surface area contributed by atoms with Gasteiger partial charge in [-0.15, -0.1) is 11.3 Å². The van der Waals surface area contributed by atoms with Crippen molar-refractivity contribution in [1.29, 1.82) is 0 Å². The minimum atomic E-state index is -0.876. The fourth-order valence-corrected chi connectivity index (χ4v) is 6.08.